The van der Waals surface area contributed by atoms with E-state index in [9.17, 15) is 29.4 Å². The summed E-state index contributed by atoms with van der Waals surface area (Å²) in [4.78, 5) is 46.5. The maximum absolute atomic E-state index is 12.1. The molecule has 2 N–H and O–H groups in total. The van der Waals surface area contributed by atoms with E-state index in [1.807, 2.05) is 0 Å². The summed E-state index contributed by atoms with van der Waals surface area (Å²) in [6, 6.07) is 5.97. The van der Waals surface area contributed by atoms with Crippen molar-refractivity contribution in [2.45, 2.75) is 6.92 Å². The van der Waals surface area contributed by atoms with E-state index in [4.69, 9.17) is 0 Å². The second kappa shape index (κ2) is 6.27. The number of phenolic OH excluding ortho intramolecular Hbond substituents is 1. The van der Waals surface area contributed by atoms with Crippen molar-refractivity contribution in [3.8, 4) is 5.75 Å². The number of benzene rings is 1. The predicted octanol–water partition coefficient (Wildman–Crippen LogP) is 1.08. The zero-order valence-electron chi connectivity index (χ0n) is 12.0. The SMILES string of the molecule is CC(=O)C1=C(O)C(C(=O)/C=C/c2cccc(O)c2)C(=O)OC1=O. The Morgan fingerprint density at radius 1 is 1.22 bits per heavy atom. The van der Waals surface area contributed by atoms with Gasteiger partial charge in [-0.3, -0.25) is 14.4 Å². The van der Waals surface area contributed by atoms with Crippen molar-refractivity contribution in [2.24, 2.45) is 5.92 Å². The number of ketones is 2. The van der Waals surface area contributed by atoms with Gasteiger partial charge in [0.15, 0.2) is 17.5 Å². The molecule has 0 bridgehead atoms. The van der Waals surface area contributed by atoms with Crippen LogP contribution in [0.1, 0.15) is 12.5 Å². The van der Waals surface area contributed by atoms with Gasteiger partial charge in [0.25, 0.3) is 0 Å². The lowest BCUT2D eigenvalue weighted by Crippen LogP contribution is -2.37. The molecule has 0 aromatic heterocycles. The van der Waals surface area contributed by atoms with E-state index < -0.39 is 40.8 Å². The Morgan fingerprint density at radius 3 is 2.52 bits per heavy atom. The second-order valence-electron chi connectivity index (χ2n) is 4.79. The van der Waals surface area contributed by atoms with Gasteiger partial charge in [-0.15, -0.1) is 0 Å². The molecule has 0 fully saturated rings. The maximum atomic E-state index is 12.1. The zero-order valence-corrected chi connectivity index (χ0v) is 12.0. The molecule has 1 heterocycles. The van der Waals surface area contributed by atoms with Crippen LogP contribution in [0.4, 0.5) is 0 Å². The quantitative estimate of drug-likeness (QED) is 0.369. The van der Waals surface area contributed by atoms with Gasteiger partial charge in [-0.1, -0.05) is 18.2 Å². The first-order valence-corrected chi connectivity index (χ1v) is 6.52. The van der Waals surface area contributed by atoms with Crippen LogP contribution in [0.2, 0.25) is 0 Å². The number of hydrogen-bond acceptors (Lipinski definition) is 7. The summed E-state index contributed by atoms with van der Waals surface area (Å²) < 4.78 is 4.32. The zero-order chi connectivity index (χ0) is 17.1. The Labute approximate surface area is 130 Å². The number of aliphatic hydroxyl groups is 1. The fraction of sp³-hybridized carbons (Fsp3) is 0.125. The molecule has 1 aliphatic rings. The van der Waals surface area contributed by atoms with E-state index in [0.29, 0.717) is 5.56 Å². The Bertz CT molecular complexity index is 770. The first kappa shape index (κ1) is 16.2. The molecule has 1 aliphatic heterocycles. The number of aliphatic hydroxyl groups excluding tert-OH is 1. The number of ether oxygens (including phenoxy) is 1. The second-order valence-corrected chi connectivity index (χ2v) is 4.79. The summed E-state index contributed by atoms with van der Waals surface area (Å²) in [5.41, 5.74) is -0.234. The van der Waals surface area contributed by atoms with Crippen LogP contribution in [0.25, 0.3) is 6.08 Å². The third kappa shape index (κ3) is 3.34. The summed E-state index contributed by atoms with van der Waals surface area (Å²) in [6.45, 7) is 1.01. The largest absolute Gasteiger partial charge is 0.510 e. The van der Waals surface area contributed by atoms with Gasteiger partial charge in [0.1, 0.15) is 17.1 Å². The van der Waals surface area contributed by atoms with E-state index in [2.05, 4.69) is 4.74 Å². The molecule has 1 unspecified atom stereocenters. The third-order valence-electron chi connectivity index (χ3n) is 3.11. The van der Waals surface area contributed by atoms with Crippen LogP contribution in [-0.2, 0) is 23.9 Å². The fourth-order valence-corrected chi connectivity index (χ4v) is 2.04. The molecule has 1 aromatic rings. The number of carbonyl (C=O) groups is 4. The van der Waals surface area contributed by atoms with Crippen molar-refractivity contribution < 1.29 is 34.1 Å². The van der Waals surface area contributed by atoms with Crippen molar-refractivity contribution in [1.82, 2.24) is 0 Å². The molecule has 2 rings (SSSR count). The van der Waals surface area contributed by atoms with Gasteiger partial charge in [-0.05, 0) is 30.7 Å². The first-order valence-electron chi connectivity index (χ1n) is 6.52. The summed E-state index contributed by atoms with van der Waals surface area (Å²) in [5, 5.41) is 19.2. The number of cyclic esters (lactones) is 2. The molecule has 0 aliphatic carbocycles. The van der Waals surface area contributed by atoms with E-state index >= 15 is 0 Å². The van der Waals surface area contributed by atoms with Gasteiger partial charge in [-0.2, -0.15) is 0 Å². The normalized spacial score (nSPS) is 18.2. The number of Topliss-reactive ketones (excluding diaryl/α,β-unsaturated/α-hetero) is 1. The molecule has 7 nitrogen and oxygen atoms in total. The highest BCUT2D eigenvalue weighted by molar-refractivity contribution is 6.24. The van der Waals surface area contributed by atoms with Crippen molar-refractivity contribution >= 4 is 29.6 Å². The van der Waals surface area contributed by atoms with E-state index in [1.165, 1.54) is 18.2 Å². The summed E-state index contributed by atoms with van der Waals surface area (Å²) in [5.74, 6) is -6.88. The van der Waals surface area contributed by atoms with E-state index in [0.717, 1.165) is 13.0 Å². The van der Waals surface area contributed by atoms with Crippen molar-refractivity contribution in [3.63, 3.8) is 0 Å². The van der Waals surface area contributed by atoms with Gasteiger partial charge >= 0.3 is 11.9 Å². The van der Waals surface area contributed by atoms with Gasteiger partial charge in [0.2, 0.25) is 0 Å². The van der Waals surface area contributed by atoms with Crippen molar-refractivity contribution in [3.05, 3.63) is 47.2 Å². The highest BCUT2D eigenvalue weighted by atomic mass is 16.6. The summed E-state index contributed by atoms with van der Waals surface area (Å²) >= 11 is 0. The Kier molecular flexibility index (Phi) is 4.40. The number of rotatable bonds is 4. The van der Waals surface area contributed by atoms with Gasteiger partial charge < -0.3 is 14.9 Å². The Hall–Kier alpha value is -3.22. The van der Waals surface area contributed by atoms with Gasteiger partial charge in [0.05, 0.1) is 0 Å². The maximum Gasteiger partial charge on any atom is 0.352 e. The van der Waals surface area contributed by atoms with Gasteiger partial charge in [0, 0.05) is 0 Å². The molecule has 0 saturated carbocycles. The van der Waals surface area contributed by atoms with Crippen LogP contribution < -0.4 is 0 Å². The van der Waals surface area contributed by atoms with Gasteiger partial charge in [-0.25, -0.2) is 4.79 Å². The van der Waals surface area contributed by atoms with Crippen LogP contribution in [0.5, 0.6) is 5.75 Å². The topological polar surface area (TPSA) is 118 Å². The van der Waals surface area contributed by atoms with Crippen LogP contribution in [0, 0.1) is 5.92 Å². The number of esters is 2. The minimum Gasteiger partial charge on any atom is -0.510 e. The Balaban J connectivity index is 2.32. The number of aromatic hydroxyl groups is 1. The number of allylic oxidation sites excluding steroid dienone is 1. The van der Waals surface area contributed by atoms with E-state index in [1.54, 1.807) is 12.1 Å². The number of hydrogen-bond donors (Lipinski definition) is 2. The minimum atomic E-state index is -1.76. The minimum absolute atomic E-state index is 0.0103. The van der Waals surface area contributed by atoms with Crippen molar-refractivity contribution in [1.29, 1.82) is 0 Å². The van der Waals surface area contributed by atoms with Crippen LogP contribution in [-0.4, -0.2) is 33.7 Å². The lowest BCUT2D eigenvalue weighted by Gasteiger charge is -2.19. The molecule has 7 heteroatoms. The molecule has 1 atom stereocenters. The standard InChI is InChI=1S/C16H12O7/c1-8(17)12-14(20)13(16(22)23-15(12)21)11(19)6-5-9-3-2-4-10(18)7-9/h2-7,13,18,20H,1H3/b6-5+. The molecule has 0 amide bonds. The molecule has 23 heavy (non-hydrogen) atoms. The average Bonchev–Trinajstić information content (AvgIpc) is 2.44. The molecule has 0 saturated heterocycles. The molecular formula is C16H12O7. The third-order valence-corrected chi connectivity index (χ3v) is 3.11. The smallest absolute Gasteiger partial charge is 0.352 e. The predicted molar refractivity (Wildman–Crippen MR) is 77.1 cm³/mol. The summed E-state index contributed by atoms with van der Waals surface area (Å²) in [7, 11) is 0. The highest BCUT2D eigenvalue weighted by Gasteiger charge is 2.42. The van der Waals surface area contributed by atoms with Crippen LogP contribution in [0.3, 0.4) is 0 Å². The molecule has 1 aromatic carbocycles. The highest BCUT2D eigenvalue weighted by Crippen LogP contribution is 2.24. The molecule has 0 spiro atoms. The Morgan fingerprint density at radius 2 is 1.91 bits per heavy atom. The number of phenols is 1. The lowest BCUT2D eigenvalue weighted by atomic mass is 9.93. The van der Waals surface area contributed by atoms with Crippen LogP contribution >= 0.6 is 0 Å². The molecule has 0 radical (unpaired) electrons. The van der Waals surface area contributed by atoms with E-state index in [-0.39, 0.29) is 5.75 Å². The van der Waals surface area contributed by atoms with Crippen LogP contribution in [0.15, 0.2) is 41.7 Å². The number of carbonyl (C=O) groups excluding carboxylic acids is 4. The first-order chi connectivity index (χ1) is 10.8. The monoisotopic (exact) mass is 316 g/mol. The summed E-state index contributed by atoms with van der Waals surface area (Å²) in [6.07, 6.45) is 2.30. The molecule has 118 valence electrons. The average molecular weight is 316 g/mol. The lowest BCUT2D eigenvalue weighted by molar-refractivity contribution is -0.162. The fourth-order valence-electron chi connectivity index (χ4n) is 2.04. The van der Waals surface area contributed by atoms with Crippen molar-refractivity contribution in [2.75, 3.05) is 0 Å². The molecular weight excluding hydrogens is 304 g/mol.